The second-order valence-corrected chi connectivity index (χ2v) is 4.02. The molecule has 0 saturated carbocycles. The minimum atomic E-state index is -4.39. The second kappa shape index (κ2) is 3.70. The highest BCUT2D eigenvalue weighted by molar-refractivity contribution is 5.97. The van der Waals surface area contributed by atoms with Gasteiger partial charge in [-0.1, -0.05) is 36.4 Å². The highest BCUT2D eigenvalue weighted by atomic mass is 19.4. The van der Waals surface area contributed by atoms with Crippen LogP contribution in [-0.4, -0.2) is 4.98 Å². The summed E-state index contributed by atoms with van der Waals surface area (Å²) in [7, 11) is 0. The van der Waals surface area contributed by atoms with Crippen molar-refractivity contribution in [3.8, 4) is 0 Å². The van der Waals surface area contributed by atoms with Crippen LogP contribution in [0.15, 0.2) is 48.5 Å². The van der Waals surface area contributed by atoms with Crippen LogP contribution < -0.4 is 0 Å². The molecule has 1 nitrogen and oxygen atoms in total. The first-order valence-corrected chi connectivity index (χ1v) is 5.42. The summed E-state index contributed by atoms with van der Waals surface area (Å²) in [6, 6.07) is 12.7. The van der Waals surface area contributed by atoms with Gasteiger partial charge in [0.05, 0.1) is 16.6 Å². The van der Waals surface area contributed by atoms with Gasteiger partial charge in [0.25, 0.3) is 0 Å². The maximum atomic E-state index is 13.2. The van der Waals surface area contributed by atoms with Crippen LogP contribution in [0.3, 0.4) is 0 Å². The van der Waals surface area contributed by atoms with E-state index in [1.807, 2.05) is 0 Å². The molecule has 0 fully saturated rings. The Hall–Kier alpha value is -2.10. The van der Waals surface area contributed by atoms with Crippen molar-refractivity contribution in [2.75, 3.05) is 0 Å². The number of halogens is 3. The molecule has 0 N–H and O–H groups in total. The van der Waals surface area contributed by atoms with Crippen LogP contribution in [0.2, 0.25) is 0 Å². The lowest BCUT2D eigenvalue weighted by molar-refractivity contribution is -0.135. The van der Waals surface area contributed by atoms with Gasteiger partial charge in [-0.05, 0) is 12.1 Å². The number of fused-ring (bicyclic) bond motifs is 2. The van der Waals surface area contributed by atoms with Gasteiger partial charge in [0.15, 0.2) is 0 Å². The predicted octanol–water partition coefficient (Wildman–Crippen LogP) is 4.41. The lowest BCUT2D eigenvalue weighted by Gasteiger charge is -2.13. The van der Waals surface area contributed by atoms with E-state index in [1.165, 1.54) is 12.1 Å². The standard InChI is InChI=1S/C14H8F3N/c15-14(16,17)13-9-5-1-3-7-11(9)18-12-8-4-2-6-10(12)13/h1-8H. The van der Waals surface area contributed by atoms with E-state index in [1.54, 1.807) is 36.4 Å². The highest BCUT2D eigenvalue weighted by Crippen LogP contribution is 2.38. The van der Waals surface area contributed by atoms with E-state index in [4.69, 9.17) is 0 Å². The minimum Gasteiger partial charge on any atom is -0.248 e. The maximum Gasteiger partial charge on any atom is 0.417 e. The quantitative estimate of drug-likeness (QED) is 0.536. The molecule has 4 heteroatoms. The van der Waals surface area contributed by atoms with Crippen molar-refractivity contribution in [2.45, 2.75) is 6.18 Å². The largest absolute Gasteiger partial charge is 0.417 e. The van der Waals surface area contributed by atoms with E-state index >= 15 is 0 Å². The third kappa shape index (κ3) is 1.61. The van der Waals surface area contributed by atoms with Crippen molar-refractivity contribution in [1.29, 1.82) is 0 Å². The van der Waals surface area contributed by atoms with Crippen molar-refractivity contribution in [3.63, 3.8) is 0 Å². The summed E-state index contributed by atoms with van der Waals surface area (Å²) in [5, 5.41) is 0.285. The molecule has 0 radical (unpaired) electrons. The first-order chi connectivity index (χ1) is 8.57. The topological polar surface area (TPSA) is 12.9 Å². The molecule has 0 aliphatic rings. The molecule has 18 heavy (non-hydrogen) atoms. The molecular formula is C14H8F3N. The number of hydrogen-bond donors (Lipinski definition) is 0. The molecule has 0 unspecified atom stereocenters. The number of para-hydroxylation sites is 2. The van der Waals surface area contributed by atoms with Gasteiger partial charge in [0, 0.05) is 10.8 Å². The Morgan fingerprint density at radius 2 is 1.17 bits per heavy atom. The summed E-state index contributed by atoms with van der Waals surface area (Å²) in [6.45, 7) is 0. The Morgan fingerprint density at radius 1 is 0.722 bits per heavy atom. The smallest absolute Gasteiger partial charge is 0.248 e. The zero-order valence-electron chi connectivity index (χ0n) is 9.20. The summed E-state index contributed by atoms with van der Waals surface area (Å²) in [6.07, 6.45) is -4.39. The zero-order valence-corrected chi connectivity index (χ0v) is 9.20. The van der Waals surface area contributed by atoms with E-state index in [0.717, 1.165) is 0 Å². The number of rotatable bonds is 0. The molecule has 1 heterocycles. The summed E-state index contributed by atoms with van der Waals surface area (Å²) in [4.78, 5) is 4.25. The van der Waals surface area contributed by atoms with Crippen molar-refractivity contribution in [1.82, 2.24) is 4.98 Å². The third-order valence-corrected chi connectivity index (χ3v) is 2.87. The first-order valence-electron chi connectivity index (χ1n) is 5.42. The Kier molecular flexibility index (Phi) is 2.26. The van der Waals surface area contributed by atoms with E-state index in [9.17, 15) is 13.2 Å². The highest BCUT2D eigenvalue weighted by Gasteiger charge is 2.34. The van der Waals surface area contributed by atoms with Gasteiger partial charge >= 0.3 is 6.18 Å². The molecule has 3 aromatic rings. The van der Waals surface area contributed by atoms with Gasteiger partial charge in [-0.3, -0.25) is 0 Å². The third-order valence-electron chi connectivity index (χ3n) is 2.87. The van der Waals surface area contributed by atoms with Crippen LogP contribution in [0.25, 0.3) is 21.8 Å². The SMILES string of the molecule is FC(F)(F)c1c2ccccc2nc2ccccc12. The van der Waals surface area contributed by atoms with Crippen molar-refractivity contribution in [3.05, 3.63) is 54.1 Å². The average Bonchev–Trinajstić information content (AvgIpc) is 2.34. The molecule has 0 bridgehead atoms. The average molecular weight is 247 g/mol. The van der Waals surface area contributed by atoms with Crippen molar-refractivity contribution >= 4 is 21.8 Å². The Morgan fingerprint density at radius 3 is 1.61 bits per heavy atom. The lowest BCUT2D eigenvalue weighted by Crippen LogP contribution is -2.07. The fourth-order valence-corrected chi connectivity index (χ4v) is 2.15. The molecule has 0 aliphatic carbocycles. The monoisotopic (exact) mass is 247 g/mol. The maximum absolute atomic E-state index is 13.2. The van der Waals surface area contributed by atoms with Gasteiger partial charge in [-0.15, -0.1) is 0 Å². The number of alkyl halides is 3. The summed E-state index contributed by atoms with van der Waals surface area (Å²) in [5.41, 5.74) is 0.121. The van der Waals surface area contributed by atoms with Crippen LogP contribution in [0.1, 0.15) is 5.56 Å². The molecule has 3 rings (SSSR count). The predicted molar refractivity (Wildman–Crippen MR) is 64.3 cm³/mol. The number of nitrogens with zero attached hydrogens (tertiary/aromatic N) is 1. The number of hydrogen-bond acceptors (Lipinski definition) is 1. The number of aromatic nitrogens is 1. The molecular weight excluding hydrogens is 239 g/mol. The minimum absolute atomic E-state index is 0.142. The molecule has 0 saturated heterocycles. The van der Waals surface area contributed by atoms with E-state index in [2.05, 4.69) is 4.98 Å². The van der Waals surface area contributed by atoms with Crippen molar-refractivity contribution < 1.29 is 13.2 Å². The Bertz CT molecular complexity index is 678. The Labute approximate surface area is 101 Å². The van der Waals surface area contributed by atoms with E-state index < -0.39 is 11.7 Å². The van der Waals surface area contributed by atoms with Gasteiger partial charge in [0.2, 0.25) is 0 Å². The number of benzene rings is 2. The van der Waals surface area contributed by atoms with Crippen LogP contribution in [0, 0.1) is 0 Å². The van der Waals surface area contributed by atoms with Crippen molar-refractivity contribution in [2.24, 2.45) is 0 Å². The van der Waals surface area contributed by atoms with Crippen LogP contribution in [0.4, 0.5) is 13.2 Å². The molecule has 0 spiro atoms. The van der Waals surface area contributed by atoms with Gasteiger partial charge in [-0.25, -0.2) is 4.98 Å². The summed E-state index contributed by atoms with van der Waals surface area (Å²) < 4.78 is 39.7. The fraction of sp³-hybridized carbons (Fsp3) is 0.0714. The van der Waals surface area contributed by atoms with Crippen LogP contribution in [-0.2, 0) is 6.18 Å². The molecule has 90 valence electrons. The Balaban J connectivity index is 2.58. The van der Waals surface area contributed by atoms with E-state index in [-0.39, 0.29) is 10.8 Å². The zero-order chi connectivity index (χ0) is 12.8. The molecule has 0 aliphatic heterocycles. The van der Waals surface area contributed by atoms with Crippen LogP contribution >= 0.6 is 0 Å². The molecule has 1 aromatic heterocycles. The van der Waals surface area contributed by atoms with Gasteiger partial charge < -0.3 is 0 Å². The number of pyridine rings is 1. The normalized spacial score (nSPS) is 12.2. The first kappa shape index (κ1) is 11.0. The summed E-state index contributed by atoms with van der Waals surface area (Å²) >= 11 is 0. The molecule has 0 atom stereocenters. The lowest BCUT2D eigenvalue weighted by atomic mass is 10.0. The van der Waals surface area contributed by atoms with Gasteiger partial charge in [0.1, 0.15) is 0 Å². The van der Waals surface area contributed by atoms with Gasteiger partial charge in [-0.2, -0.15) is 13.2 Å². The summed E-state index contributed by atoms with van der Waals surface area (Å²) in [5.74, 6) is 0. The van der Waals surface area contributed by atoms with Crippen LogP contribution in [0.5, 0.6) is 0 Å². The molecule has 2 aromatic carbocycles. The fourth-order valence-electron chi connectivity index (χ4n) is 2.15. The molecule has 0 amide bonds. The van der Waals surface area contributed by atoms with E-state index in [0.29, 0.717) is 11.0 Å². The second-order valence-electron chi connectivity index (χ2n) is 4.02.